The van der Waals surface area contributed by atoms with E-state index in [0.29, 0.717) is 19.1 Å². The second-order valence-corrected chi connectivity index (χ2v) is 9.48. The van der Waals surface area contributed by atoms with Crippen LogP contribution in [0.25, 0.3) is 0 Å². The summed E-state index contributed by atoms with van der Waals surface area (Å²) in [6.45, 7) is 7.19. The van der Waals surface area contributed by atoms with Crippen LogP contribution >= 0.6 is 0 Å². The van der Waals surface area contributed by atoms with Gasteiger partial charge in [0, 0.05) is 38.8 Å². The van der Waals surface area contributed by atoms with E-state index in [2.05, 4.69) is 25.2 Å². The number of rotatable bonds is 8. The number of nitrogens with zero attached hydrogens (tertiary/aromatic N) is 2. The summed E-state index contributed by atoms with van der Waals surface area (Å²) in [7, 11) is -3.15. The van der Waals surface area contributed by atoms with Gasteiger partial charge in [0.05, 0.1) is 12.8 Å². The van der Waals surface area contributed by atoms with Crippen molar-refractivity contribution in [3.8, 4) is 0 Å². The number of likely N-dealkylation sites (tertiary alicyclic amines) is 1. The number of aliphatic imine (C=N–C) groups is 1. The Labute approximate surface area is 159 Å². The van der Waals surface area contributed by atoms with E-state index in [1.165, 1.54) is 44.9 Å². The summed E-state index contributed by atoms with van der Waals surface area (Å²) in [5, 5.41) is 6.77. The Balaban J connectivity index is 1.70. The van der Waals surface area contributed by atoms with Gasteiger partial charge >= 0.3 is 0 Å². The standard InChI is InChI=1S/C18H37N5O2S/c1-3-19-18(20-11-12-21-26(2,24)25)22-17-9-13-23(14-10-17)15-16-7-5-4-6-8-16/h16-17,21H,3-15H2,1-2H3,(H2,19,20,22). The highest BCUT2D eigenvalue weighted by atomic mass is 32.2. The lowest BCUT2D eigenvalue weighted by atomic mass is 9.88. The van der Waals surface area contributed by atoms with Gasteiger partial charge < -0.3 is 15.5 Å². The fourth-order valence-electron chi connectivity index (χ4n) is 3.91. The van der Waals surface area contributed by atoms with Gasteiger partial charge in [-0.3, -0.25) is 4.99 Å². The molecule has 1 aliphatic carbocycles. The Bertz CT molecular complexity index is 524. The summed E-state index contributed by atoms with van der Waals surface area (Å²) in [4.78, 5) is 7.11. The predicted octanol–water partition coefficient (Wildman–Crippen LogP) is 1.14. The highest BCUT2D eigenvalue weighted by Crippen LogP contribution is 2.25. The molecule has 2 rings (SSSR count). The molecule has 0 unspecified atom stereocenters. The molecule has 8 heteroatoms. The van der Waals surface area contributed by atoms with Gasteiger partial charge in [0.15, 0.2) is 5.96 Å². The van der Waals surface area contributed by atoms with Gasteiger partial charge in [-0.25, -0.2) is 13.1 Å². The molecule has 7 nitrogen and oxygen atoms in total. The molecule has 2 fully saturated rings. The number of guanidine groups is 1. The maximum atomic E-state index is 11.1. The highest BCUT2D eigenvalue weighted by Gasteiger charge is 2.23. The minimum absolute atomic E-state index is 0.329. The van der Waals surface area contributed by atoms with Crippen LogP contribution in [0.4, 0.5) is 0 Å². The smallest absolute Gasteiger partial charge is 0.208 e. The first-order valence-electron chi connectivity index (χ1n) is 10.2. The summed E-state index contributed by atoms with van der Waals surface area (Å²) in [5.41, 5.74) is 0. The van der Waals surface area contributed by atoms with Crippen LogP contribution in [0.5, 0.6) is 0 Å². The second kappa shape index (κ2) is 11.1. The molecule has 1 aliphatic heterocycles. The average Bonchev–Trinajstić information content (AvgIpc) is 2.60. The first-order valence-corrected chi connectivity index (χ1v) is 12.1. The number of sulfonamides is 1. The van der Waals surface area contributed by atoms with E-state index < -0.39 is 10.0 Å². The molecule has 152 valence electrons. The van der Waals surface area contributed by atoms with Crippen LogP contribution in [-0.2, 0) is 10.0 Å². The van der Waals surface area contributed by atoms with Gasteiger partial charge in [-0.15, -0.1) is 0 Å². The quantitative estimate of drug-likeness (QED) is 0.330. The maximum Gasteiger partial charge on any atom is 0.208 e. The molecule has 0 bridgehead atoms. The minimum Gasteiger partial charge on any atom is -0.357 e. The SMILES string of the molecule is CCNC(=NCCNS(C)(=O)=O)NC1CCN(CC2CCCCC2)CC1. The first-order chi connectivity index (χ1) is 12.5. The molecule has 1 saturated heterocycles. The lowest BCUT2D eigenvalue weighted by molar-refractivity contribution is 0.160. The van der Waals surface area contributed by atoms with Crippen LogP contribution in [0.15, 0.2) is 4.99 Å². The number of hydrogen-bond acceptors (Lipinski definition) is 4. The van der Waals surface area contributed by atoms with Crippen molar-refractivity contribution in [1.29, 1.82) is 0 Å². The van der Waals surface area contributed by atoms with Gasteiger partial charge in [-0.2, -0.15) is 0 Å². The average molecular weight is 388 g/mol. The van der Waals surface area contributed by atoms with E-state index in [0.717, 1.165) is 44.4 Å². The normalized spacial score (nSPS) is 21.7. The second-order valence-electron chi connectivity index (χ2n) is 7.65. The zero-order valence-corrected chi connectivity index (χ0v) is 17.3. The van der Waals surface area contributed by atoms with Crippen molar-refractivity contribution in [2.24, 2.45) is 10.9 Å². The van der Waals surface area contributed by atoms with E-state index in [-0.39, 0.29) is 0 Å². The van der Waals surface area contributed by atoms with Gasteiger partial charge in [-0.1, -0.05) is 19.3 Å². The van der Waals surface area contributed by atoms with Gasteiger partial charge in [0.1, 0.15) is 0 Å². The number of piperidine rings is 1. The molecule has 0 amide bonds. The lowest BCUT2D eigenvalue weighted by Gasteiger charge is -2.36. The zero-order chi connectivity index (χ0) is 18.8. The summed E-state index contributed by atoms with van der Waals surface area (Å²) in [5.74, 6) is 1.70. The Morgan fingerprint density at radius 2 is 1.81 bits per heavy atom. The molecule has 2 aliphatic rings. The molecule has 26 heavy (non-hydrogen) atoms. The highest BCUT2D eigenvalue weighted by molar-refractivity contribution is 7.88. The maximum absolute atomic E-state index is 11.1. The largest absolute Gasteiger partial charge is 0.357 e. The third-order valence-electron chi connectivity index (χ3n) is 5.26. The lowest BCUT2D eigenvalue weighted by Crippen LogP contribution is -2.49. The minimum atomic E-state index is -3.15. The molecule has 0 aromatic rings. The molecule has 1 heterocycles. The van der Waals surface area contributed by atoms with Crippen LogP contribution in [0.2, 0.25) is 0 Å². The van der Waals surface area contributed by atoms with E-state index in [9.17, 15) is 8.42 Å². The molecule has 0 aromatic heterocycles. The van der Waals surface area contributed by atoms with Gasteiger partial charge in [0.25, 0.3) is 0 Å². The molecular weight excluding hydrogens is 350 g/mol. The first kappa shape index (κ1) is 21.4. The molecular formula is C18H37N5O2S. The molecule has 0 atom stereocenters. The van der Waals surface area contributed by atoms with Crippen molar-refractivity contribution < 1.29 is 8.42 Å². The molecule has 3 N–H and O–H groups in total. The van der Waals surface area contributed by atoms with E-state index >= 15 is 0 Å². The summed E-state index contributed by atoms with van der Waals surface area (Å²) < 4.78 is 24.7. The van der Waals surface area contributed by atoms with Crippen molar-refractivity contribution in [1.82, 2.24) is 20.3 Å². The van der Waals surface area contributed by atoms with Crippen LogP contribution < -0.4 is 15.4 Å². The van der Waals surface area contributed by atoms with Crippen LogP contribution in [0.3, 0.4) is 0 Å². The molecule has 0 spiro atoms. The topological polar surface area (TPSA) is 85.8 Å². The van der Waals surface area contributed by atoms with Crippen molar-refractivity contribution in [2.75, 3.05) is 45.5 Å². The van der Waals surface area contributed by atoms with E-state index in [4.69, 9.17) is 0 Å². The Morgan fingerprint density at radius 1 is 1.12 bits per heavy atom. The molecule has 0 aromatic carbocycles. The van der Waals surface area contributed by atoms with Crippen LogP contribution in [0.1, 0.15) is 51.9 Å². The van der Waals surface area contributed by atoms with Crippen molar-refractivity contribution >= 4 is 16.0 Å². The summed E-state index contributed by atoms with van der Waals surface area (Å²) >= 11 is 0. The third-order valence-corrected chi connectivity index (χ3v) is 5.99. The van der Waals surface area contributed by atoms with Crippen molar-refractivity contribution in [3.63, 3.8) is 0 Å². The summed E-state index contributed by atoms with van der Waals surface area (Å²) in [6, 6.07) is 0.443. The van der Waals surface area contributed by atoms with Gasteiger partial charge in [-0.05, 0) is 38.5 Å². The predicted molar refractivity (Wildman–Crippen MR) is 108 cm³/mol. The van der Waals surface area contributed by atoms with Crippen molar-refractivity contribution in [3.05, 3.63) is 0 Å². The fourth-order valence-corrected chi connectivity index (χ4v) is 4.37. The fraction of sp³-hybridized carbons (Fsp3) is 0.944. The van der Waals surface area contributed by atoms with Crippen LogP contribution in [-0.4, -0.2) is 70.8 Å². The molecule has 1 saturated carbocycles. The Hall–Kier alpha value is -0.860. The number of nitrogens with one attached hydrogen (secondary N) is 3. The van der Waals surface area contributed by atoms with E-state index in [1.807, 2.05) is 6.92 Å². The van der Waals surface area contributed by atoms with Gasteiger partial charge in [0.2, 0.25) is 10.0 Å². The number of hydrogen-bond donors (Lipinski definition) is 3. The monoisotopic (exact) mass is 387 g/mol. The Kier molecular flexibility index (Phi) is 9.15. The summed E-state index contributed by atoms with van der Waals surface area (Å²) in [6.07, 6.45) is 10.5. The zero-order valence-electron chi connectivity index (χ0n) is 16.5. The van der Waals surface area contributed by atoms with Crippen LogP contribution in [0, 0.1) is 5.92 Å². The Morgan fingerprint density at radius 3 is 2.42 bits per heavy atom. The van der Waals surface area contributed by atoms with Crippen molar-refractivity contribution in [2.45, 2.75) is 57.9 Å². The third kappa shape index (κ3) is 8.68. The molecule has 0 radical (unpaired) electrons. The van der Waals surface area contributed by atoms with E-state index in [1.54, 1.807) is 0 Å².